The molecule has 2 aromatic carbocycles. The fraction of sp³-hybridized carbons (Fsp3) is 0.381. The molecule has 0 aliphatic rings. The zero-order valence-electron chi connectivity index (χ0n) is 15.4. The van der Waals surface area contributed by atoms with Gasteiger partial charge in [0.2, 0.25) is 0 Å². The smallest absolute Gasteiger partial charge is 0.259 e. The molecule has 0 saturated heterocycles. The Balaban J connectivity index is 1.94. The van der Waals surface area contributed by atoms with Crippen molar-refractivity contribution >= 4 is 27.5 Å². The number of carbonyl (C=O) groups excluding carboxylic acids is 1. The summed E-state index contributed by atoms with van der Waals surface area (Å²) in [7, 11) is 0. The third-order valence-electron chi connectivity index (χ3n) is 3.86. The van der Waals surface area contributed by atoms with Gasteiger partial charge in [-0.2, -0.15) is 0 Å². The Hall–Kier alpha value is -2.01. The van der Waals surface area contributed by atoms with Gasteiger partial charge >= 0.3 is 0 Å². The van der Waals surface area contributed by atoms with Gasteiger partial charge in [0.1, 0.15) is 11.5 Å². The van der Waals surface area contributed by atoms with Crippen LogP contribution in [0.15, 0.2) is 46.9 Å². The molecular formula is C21H26BrNO3. The van der Waals surface area contributed by atoms with Gasteiger partial charge in [-0.15, -0.1) is 0 Å². The topological polar surface area (TPSA) is 47.6 Å². The van der Waals surface area contributed by atoms with Crippen molar-refractivity contribution in [3.63, 3.8) is 0 Å². The van der Waals surface area contributed by atoms with Crippen molar-refractivity contribution in [1.82, 2.24) is 0 Å². The Labute approximate surface area is 164 Å². The zero-order chi connectivity index (χ0) is 18.8. The van der Waals surface area contributed by atoms with E-state index in [1.807, 2.05) is 37.3 Å². The number of amides is 1. The lowest BCUT2D eigenvalue weighted by Crippen LogP contribution is -2.13. The lowest BCUT2D eigenvalue weighted by molar-refractivity contribution is 0.102. The first-order chi connectivity index (χ1) is 12.6. The molecule has 0 aliphatic carbocycles. The van der Waals surface area contributed by atoms with Gasteiger partial charge in [-0.3, -0.25) is 4.79 Å². The van der Waals surface area contributed by atoms with Crippen LogP contribution in [-0.4, -0.2) is 19.1 Å². The number of carbonyl (C=O) groups is 1. The molecule has 26 heavy (non-hydrogen) atoms. The average Bonchev–Trinajstić information content (AvgIpc) is 2.64. The van der Waals surface area contributed by atoms with E-state index in [0.29, 0.717) is 17.9 Å². The highest BCUT2D eigenvalue weighted by Crippen LogP contribution is 2.25. The van der Waals surface area contributed by atoms with Crippen molar-refractivity contribution in [1.29, 1.82) is 0 Å². The van der Waals surface area contributed by atoms with Crippen LogP contribution in [0.25, 0.3) is 0 Å². The molecule has 5 heteroatoms. The molecule has 2 aromatic rings. The minimum Gasteiger partial charge on any atom is -0.494 e. The van der Waals surface area contributed by atoms with E-state index in [2.05, 4.69) is 28.2 Å². The molecule has 0 heterocycles. The van der Waals surface area contributed by atoms with Crippen LogP contribution in [0, 0.1) is 0 Å². The summed E-state index contributed by atoms with van der Waals surface area (Å²) in [5.74, 6) is 1.18. The largest absolute Gasteiger partial charge is 0.494 e. The summed E-state index contributed by atoms with van der Waals surface area (Å²) < 4.78 is 12.1. The monoisotopic (exact) mass is 419 g/mol. The summed E-state index contributed by atoms with van der Waals surface area (Å²) in [5.41, 5.74) is 1.22. The third kappa shape index (κ3) is 6.37. The van der Waals surface area contributed by atoms with Gasteiger partial charge in [0.25, 0.3) is 5.91 Å². The van der Waals surface area contributed by atoms with Crippen LogP contribution in [0.1, 0.15) is 49.9 Å². The summed E-state index contributed by atoms with van der Waals surface area (Å²) in [6.45, 7) is 5.32. The molecule has 1 N–H and O–H groups in total. The second-order valence-electron chi connectivity index (χ2n) is 5.96. The molecule has 2 rings (SSSR count). The molecule has 0 saturated carbocycles. The van der Waals surface area contributed by atoms with Crippen molar-refractivity contribution in [2.24, 2.45) is 0 Å². The van der Waals surface area contributed by atoms with Crippen molar-refractivity contribution in [2.45, 2.75) is 39.5 Å². The number of anilines is 1. The van der Waals surface area contributed by atoms with Crippen LogP contribution >= 0.6 is 15.9 Å². The van der Waals surface area contributed by atoms with Gasteiger partial charge in [-0.25, -0.2) is 0 Å². The molecule has 1 amide bonds. The van der Waals surface area contributed by atoms with Crippen molar-refractivity contribution in [3.05, 3.63) is 52.5 Å². The van der Waals surface area contributed by atoms with Crippen LogP contribution < -0.4 is 14.8 Å². The fourth-order valence-electron chi connectivity index (χ4n) is 2.51. The Bertz CT molecular complexity index is 701. The van der Waals surface area contributed by atoms with Gasteiger partial charge in [0.05, 0.1) is 18.8 Å². The Kier molecular flexibility index (Phi) is 8.48. The average molecular weight is 420 g/mol. The summed E-state index contributed by atoms with van der Waals surface area (Å²) in [4.78, 5) is 12.6. The summed E-state index contributed by atoms with van der Waals surface area (Å²) in [6, 6.07) is 12.8. The number of rotatable bonds is 10. The number of hydrogen-bond donors (Lipinski definition) is 1. The van der Waals surface area contributed by atoms with Crippen LogP contribution in [0.2, 0.25) is 0 Å². The standard InChI is InChI=1S/C21H26BrNO3/c1-3-5-6-7-14-26-18-11-9-17(10-12-18)23-21(24)19-15-16(22)8-13-20(19)25-4-2/h8-13,15H,3-7,14H2,1-2H3,(H,23,24). The molecule has 0 unspecified atom stereocenters. The highest BCUT2D eigenvalue weighted by molar-refractivity contribution is 9.10. The van der Waals surface area contributed by atoms with E-state index in [0.717, 1.165) is 28.9 Å². The lowest BCUT2D eigenvalue weighted by Gasteiger charge is -2.12. The highest BCUT2D eigenvalue weighted by Gasteiger charge is 2.13. The van der Waals surface area contributed by atoms with E-state index in [-0.39, 0.29) is 5.91 Å². The molecule has 0 aromatic heterocycles. The Morgan fingerprint density at radius 1 is 1.00 bits per heavy atom. The van der Waals surface area contributed by atoms with Crippen molar-refractivity contribution < 1.29 is 14.3 Å². The second kappa shape index (κ2) is 10.9. The van der Waals surface area contributed by atoms with E-state index in [4.69, 9.17) is 9.47 Å². The van der Waals surface area contributed by atoms with Gasteiger partial charge in [0.15, 0.2) is 0 Å². The molecule has 0 radical (unpaired) electrons. The van der Waals surface area contributed by atoms with Crippen LogP contribution in [0.4, 0.5) is 5.69 Å². The SMILES string of the molecule is CCCCCCOc1ccc(NC(=O)c2cc(Br)ccc2OCC)cc1. The van der Waals surface area contributed by atoms with Gasteiger partial charge in [-0.1, -0.05) is 42.1 Å². The number of hydrogen-bond acceptors (Lipinski definition) is 3. The zero-order valence-corrected chi connectivity index (χ0v) is 17.0. The highest BCUT2D eigenvalue weighted by atomic mass is 79.9. The summed E-state index contributed by atoms with van der Waals surface area (Å²) >= 11 is 3.40. The maximum atomic E-state index is 12.6. The normalized spacial score (nSPS) is 10.4. The lowest BCUT2D eigenvalue weighted by atomic mass is 10.2. The molecule has 0 spiro atoms. The van der Waals surface area contributed by atoms with Gasteiger partial charge < -0.3 is 14.8 Å². The molecular weight excluding hydrogens is 394 g/mol. The van der Waals surface area contributed by atoms with Crippen molar-refractivity contribution in [3.8, 4) is 11.5 Å². The van der Waals surface area contributed by atoms with Gasteiger partial charge in [-0.05, 0) is 55.8 Å². The first kappa shape index (κ1) is 20.3. The first-order valence-corrected chi connectivity index (χ1v) is 9.90. The number of nitrogens with one attached hydrogen (secondary N) is 1. The van der Waals surface area contributed by atoms with Crippen LogP contribution in [0.3, 0.4) is 0 Å². The number of ether oxygens (including phenoxy) is 2. The Morgan fingerprint density at radius 3 is 2.46 bits per heavy atom. The maximum Gasteiger partial charge on any atom is 0.259 e. The number of unbranched alkanes of at least 4 members (excludes halogenated alkanes) is 3. The maximum absolute atomic E-state index is 12.6. The van der Waals surface area contributed by atoms with E-state index >= 15 is 0 Å². The summed E-state index contributed by atoms with van der Waals surface area (Å²) in [5, 5.41) is 2.90. The quantitative estimate of drug-likeness (QED) is 0.476. The minimum atomic E-state index is -0.206. The predicted octanol–water partition coefficient (Wildman–Crippen LogP) is 6.06. The second-order valence-corrected chi connectivity index (χ2v) is 6.88. The van der Waals surface area contributed by atoms with E-state index in [1.54, 1.807) is 12.1 Å². The number of benzene rings is 2. The number of halogens is 1. The molecule has 0 bridgehead atoms. The summed E-state index contributed by atoms with van der Waals surface area (Å²) in [6.07, 6.45) is 4.72. The molecule has 0 fully saturated rings. The fourth-order valence-corrected chi connectivity index (χ4v) is 2.87. The van der Waals surface area contributed by atoms with E-state index < -0.39 is 0 Å². The van der Waals surface area contributed by atoms with Crippen LogP contribution in [0.5, 0.6) is 11.5 Å². The molecule has 140 valence electrons. The van der Waals surface area contributed by atoms with E-state index in [1.165, 1.54) is 19.3 Å². The minimum absolute atomic E-state index is 0.206. The van der Waals surface area contributed by atoms with Gasteiger partial charge in [0, 0.05) is 10.2 Å². The van der Waals surface area contributed by atoms with Crippen LogP contribution in [-0.2, 0) is 0 Å². The molecule has 0 aliphatic heterocycles. The molecule has 0 atom stereocenters. The predicted molar refractivity (Wildman–Crippen MR) is 109 cm³/mol. The first-order valence-electron chi connectivity index (χ1n) is 9.10. The van der Waals surface area contributed by atoms with E-state index in [9.17, 15) is 4.79 Å². The third-order valence-corrected chi connectivity index (χ3v) is 4.36. The van der Waals surface area contributed by atoms with Crippen molar-refractivity contribution in [2.75, 3.05) is 18.5 Å². The Morgan fingerprint density at radius 2 is 1.77 bits per heavy atom. The molecule has 4 nitrogen and oxygen atoms in total.